The Morgan fingerprint density at radius 3 is 2.79 bits per heavy atom. The molecule has 1 aromatic carbocycles. The molecule has 0 saturated carbocycles. The molecule has 0 aliphatic carbocycles. The number of aryl methyl sites for hydroxylation is 1. The van der Waals surface area contributed by atoms with Crippen LogP contribution in [0.3, 0.4) is 0 Å². The smallest absolute Gasteiger partial charge is 0.139 e. The van der Waals surface area contributed by atoms with Gasteiger partial charge in [-0.1, -0.05) is 6.92 Å². The lowest BCUT2D eigenvalue weighted by Gasteiger charge is -2.08. The van der Waals surface area contributed by atoms with Crippen LogP contribution in [-0.2, 0) is 6.42 Å². The van der Waals surface area contributed by atoms with Crippen molar-refractivity contribution in [3.63, 3.8) is 0 Å². The zero-order chi connectivity index (χ0) is 13.8. The third-order valence-electron chi connectivity index (χ3n) is 2.46. The van der Waals surface area contributed by atoms with E-state index in [4.69, 9.17) is 5.73 Å². The van der Waals surface area contributed by atoms with Crippen LogP contribution in [0.15, 0.2) is 28.7 Å². The summed E-state index contributed by atoms with van der Waals surface area (Å²) in [4.78, 5) is 8.48. The summed E-state index contributed by atoms with van der Waals surface area (Å²) in [5, 5.41) is 3.02. The third-order valence-corrected chi connectivity index (χ3v) is 3.10. The highest BCUT2D eigenvalue weighted by atomic mass is 79.9. The molecule has 1 aromatic heterocycles. The van der Waals surface area contributed by atoms with Crippen LogP contribution in [0.5, 0.6) is 0 Å². The first kappa shape index (κ1) is 13.7. The second kappa shape index (κ2) is 5.97. The molecule has 0 bridgehead atoms. The minimum absolute atomic E-state index is 0.333. The first-order valence-corrected chi connectivity index (χ1v) is 6.73. The van der Waals surface area contributed by atoms with Gasteiger partial charge in [0.15, 0.2) is 0 Å². The molecule has 19 heavy (non-hydrogen) atoms. The maximum atomic E-state index is 13.4. The van der Waals surface area contributed by atoms with Crippen molar-refractivity contribution in [1.82, 2.24) is 9.97 Å². The van der Waals surface area contributed by atoms with Crippen LogP contribution in [0.1, 0.15) is 19.2 Å². The van der Waals surface area contributed by atoms with Gasteiger partial charge in [-0.3, -0.25) is 0 Å². The fourth-order valence-corrected chi connectivity index (χ4v) is 1.89. The molecule has 0 radical (unpaired) electrons. The molecule has 0 saturated heterocycles. The minimum Gasteiger partial charge on any atom is -0.384 e. The van der Waals surface area contributed by atoms with Crippen LogP contribution >= 0.6 is 15.9 Å². The molecule has 2 aromatic rings. The van der Waals surface area contributed by atoms with Gasteiger partial charge in [0.1, 0.15) is 23.3 Å². The van der Waals surface area contributed by atoms with Crippen molar-refractivity contribution in [3.05, 3.63) is 40.4 Å². The standard InChI is InChI=1S/C13H14BrFN4/c1-2-3-12-18-11(16)7-13(19-12)17-8-4-5-9(14)10(15)6-8/h4-7H,2-3H2,1H3,(H3,16,17,18,19). The van der Waals surface area contributed by atoms with Gasteiger partial charge in [-0.15, -0.1) is 0 Å². The summed E-state index contributed by atoms with van der Waals surface area (Å²) < 4.78 is 13.8. The number of nitrogen functional groups attached to an aromatic ring is 1. The average Bonchev–Trinajstić information content (AvgIpc) is 2.33. The fraction of sp³-hybridized carbons (Fsp3) is 0.231. The fourth-order valence-electron chi connectivity index (χ4n) is 1.64. The first-order chi connectivity index (χ1) is 9.08. The number of hydrogen-bond donors (Lipinski definition) is 2. The lowest BCUT2D eigenvalue weighted by atomic mass is 10.3. The molecule has 4 nitrogen and oxygen atoms in total. The molecule has 0 spiro atoms. The van der Waals surface area contributed by atoms with Gasteiger partial charge in [0.25, 0.3) is 0 Å². The number of benzene rings is 1. The predicted octanol–water partition coefficient (Wildman–Crippen LogP) is 3.66. The Balaban J connectivity index is 2.24. The lowest BCUT2D eigenvalue weighted by molar-refractivity contribution is 0.622. The molecule has 2 rings (SSSR count). The van der Waals surface area contributed by atoms with Crippen LogP contribution in [0.2, 0.25) is 0 Å². The molecule has 6 heteroatoms. The number of aromatic nitrogens is 2. The van der Waals surface area contributed by atoms with E-state index in [1.165, 1.54) is 6.07 Å². The SMILES string of the molecule is CCCc1nc(N)cc(Nc2ccc(Br)c(F)c2)n1. The van der Waals surface area contributed by atoms with Gasteiger partial charge >= 0.3 is 0 Å². The van der Waals surface area contributed by atoms with Gasteiger partial charge in [-0.25, -0.2) is 14.4 Å². The van der Waals surface area contributed by atoms with E-state index in [9.17, 15) is 4.39 Å². The molecule has 0 unspecified atom stereocenters. The van der Waals surface area contributed by atoms with Crippen molar-refractivity contribution in [1.29, 1.82) is 0 Å². The maximum absolute atomic E-state index is 13.4. The number of hydrogen-bond acceptors (Lipinski definition) is 4. The van der Waals surface area contributed by atoms with Gasteiger partial charge in [0, 0.05) is 18.2 Å². The summed E-state index contributed by atoms with van der Waals surface area (Å²) in [5.41, 5.74) is 6.34. The van der Waals surface area contributed by atoms with Crippen LogP contribution in [0.25, 0.3) is 0 Å². The lowest BCUT2D eigenvalue weighted by Crippen LogP contribution is -2.03. The Morgan fingerprint density at radius 2 is 2.11 bits per heavy atom. The highest BCUT2D eigenvalue weighted by molar-refractivity contribution is 9.10. The highest BCUT2D eigenvalue weighted by Gasteiger charge is 2.05. The monoisotopic (exact) mass is 324 g/mol. The Kier molecular flexibility index (Phi) is 4.31. The Labute approximate surface area is 119 Å². The van der Waals surface area contributed by atoms with Crippen molar-refractivity contribution in [2.24, 2.45) is 0 Å². The van der Waals surface area contributed by atoms with E-state index in [-0.39, 0.29) is 5.82 Å². The van der Waals surface area contributed by atoms with Gasteiger partial charge in [-0.2, -0.15) is 0 Å². The number of nitrogens with zero attached hydrogens (tertiary/aromatic N) is 2. The summed E-state index contributed by atoms with van der Waals surface area (Å²) >= 11 is 3.11. The van der Waals surface area contributed by atoms with Crippen LogP contribution in [-0.4, -0.2) is 9.97 Å². The number of nitrogens with two attached hydrogens (primary N) is 1. The summed E-state index contributed by atoms with van der Waals surface area (Å²) in [6, 6.07) is 6.40. The van der Waals surface area contributed by atoms with E-state index >= 15 is 0 Å². The zero-order valence-electron chi connectivity index (χ0n) is 10.5. The summed E-state index contributed by atoms with van der Waals surface area (Å²) in [5.74, 6) is 1.32. The molecule has 100 valence electrons. The van der Waals surface area contributed by atoms with Crippen LogP contribution in [0.4, 0.5) is 21.7 Å². The number of anilines is 3. The predicted molar refractivity (Wildman–Crippen MR) is 77.8 cm³/mol. The van der Waals surface area contributed by atoms with Gasteiger partial charge in [0.05, 0.1) is 4.47 Å². The molecule has 0 aliphatic rings. The molecular weight excluding hydrogens is 311 g/mol. The number of rotatable bonds is 4. The molecular formula is C13H14BrFN4. The summed E-state index contributed by atoms with van der Waals surface area (Å²) in [6.45, 7) is 2.05. The molecule has 0 amide bonds. The van der Waals surface area contributed by atoms with Gasteiger partial charge in [0.2, 0.25) is 0 Å². The van der Waals surface area contributed by atoms with E-state index in [2.05, 4.69) is 31.2 Å². The Bertz CT molecular complexity index is 589. The minimum atomic E-state index is -0.333. The highest BCUT2D eigenvalue weighted by Crippen LogP contribution is 2.22. The van der Waals surface area contributed by atoms with Crippen molar-refractivity contribution >= 4 is 33.3 Å². The second-order valence-electron chi connectivity index (χ2n) is 4.10. The van der Waals surface area contributed by atoms with E-state index in [1.807, 2.05) is 6.92 Å². The Hall–Kier alpha value is -1.69. The third kappa shape index (κ3) is 3.64. The van der Waals surface area contributed by atoms with Crippen molar-refractivity contribution in [3.8, 4) is 0 Å². The molecule has 0 aliphatic heterocycles. The van der Waals surface area contributed by atoms with E-state index < -0.39 is 0 Å². The van der Waals surface area contributed by atoms with Crippen LogP contribution < -0.4 is 11.1 Å². The van der Waals surface area contributed by atoms with E-state index in [0.29, 0.717) is 27.6 Å². The molecule has 0 fully saturated rings. The molecule has 3 N–H and O–H groups in total. The molecule has 0 atom stereocenters. The van der Waals surface area contributed by atoms with E-state index in [0.717, 1.165) is 12.8 Å². The van der Waals surface area contributed by atoms with E-state index in [1.54, 1.807) is 18.2 Å². The maximum Gasteiger partial charge on any atom is 0.139 e. The topological polar surface area (TPSA) is 63.8 Å². The van der Waals surface area contributed by atoms with Crippen molar-refractivity contribution < 1.29 is 4.39 Å². The largest absolute Gasteiger partial charge is 0.384 e. The zero-order valence-corrected chi connectivity index (χ0v) is 12.0. The normalized spacial score (nSPS) is 10.5. The first-order valence-electron chi connectivity index (χ1n) is 5.94. The van der Waals surface area contributed by atoms with Crippen molar-refractivity contribution in [2.75, 3.05) is 11.1 Å². The van der Waals surface area contributed by atoms with Crippen LogP contribution in [0, 0.1) is 5.82 Å². The van der Waals surface area contributed by atoms with Gasteiger partial charge in [-0.05, 0) is 40.5 Å². The average molecular weight is 325 g/mol. The number of halogens is 2. The Morgan fingerprint density at radius 1 is 1.32 bits per heavy atom. The second-order valence-corrected chi connectivity index (χ2v) is 4.95. The summed E-state index contributed by atoms with van der Waals surface area (Å²) in [6.07, 6.45) is 1.70. The molecule has 1 heterocycles. The summed E-state index contributed by atoms with van der Waals surface area (Å²) in [7, 11) is 0. The van der Waals surface area contributed by atoms with Gasteiger partial charge < -0.3 is 11.1 Å². The quantitative estimate of drug-likeness (QED) is 0.900. The van der Waals surface area contributed by atoms with Crippen molar-refractivity contribution in [2.45, 2.75) is 19.8 Å². The number of nitrogens with one attached hydrogen (secondary N) is 1.